The third-order valence-electron chi connectivity index (χ3n) is 1.70. The number of phenolic OH excluding ortho intramolecular Hbond substituents is 1. The van der Waals surface area contributed by atoms with E-state index in [1.165, 1.54) is 12.1 Å². The lowest BCUT2D eigenvalue weighted by atomic mass is 10.1. The Hall–Kier alpha value is -1.36. The summed E-state index contributed by atoms with van der Waals surface area (Å²) in [7, 11) is 0. The van der Waals surface area contributed by atoms with Gasteiger partial charge in [0.05, 0.1) is 9.40 Å². The molecule has 74 valence electrons. The molecule has 0 radical (unpaired) electrons. The van der Waals surface area contributed by atoms with Gasteiger partial charge >= 0.3 is 0 Å². The van der Waals surface area contributed by atoms with Gasteiger partial charge in [0.15, 0.2) is 0 Å². The molecule has 0 aliphatic heterocycles. The van der Waals surface area contributed by atoms with E-state index in [4.69, 9.17) is 0 Å². The van der Waals surface area contributed by atoms with Crippen molar-refractivity contribution in [3.8, 4) is 5.75 Å². The van der Waals surface area contributed by atoms with Crippen molar-refractivity contribution in [2.45, 2.75) is 6.42 Å². The Labute approximate surface area is 89.2 Å². The van der Waals surface area contributed by atoms with Gasteiger partial charge in [-0.3, -0.25) is 10.1 Å². The van der Waals surface area contributed by atoms with E-state index < -0.39 is 4.92 Å². The molecule has 4 nitrogen and oxygen atoms in total. The molecule has 0 atom stereocenters. The summed E-state index contributed by atoms with van der Waals surface area (Å²) in [6, 6.07) is 2.60. The summed E-state index contributed by atoms with van der Waals surface area (Å²) < 4.78 is 0.323. The van der Waals surface area contributed by atoms with Crippen molar-refractivity contribution in [1.29, 1.82) is 0 Å². The highest BCUT2D eigenvalue weighted by Gasteiger charge is 2.13. The van der Waals surface area contributed by atoms with E-state index in [0.717, 1.165) is 0 Å². The fourth-order valence-electron chi connectivity index (χ4n) is 1.06. The van der Waals surface area contributed by atoms with Gasteiger partial charge in [0.25, 0.3) is 5.69 Å². The van der Waals surface area contributed by atoms with Gasteiger partial charge < -0.3 is 5.11 Å². The predicted molar refractivity (Wildman–Crippen MR) is 56.4 cm³/mol. The number of aromatic hydroxyl groups is 1. The summed E-state index contributed by atoms with van der Waals surface area (Å²) in [5.41, 5.74) is 0.438. The van der Waals surface area contributed by atoms with E-state index in [-0.39, 0.29) is 11.4 Å². The molecule has 0 unspecified atom stereocenters. The fourth-order valence-corrected chi connectivity index (χ4v) is 1.55. The van der Waals surface area contributed by atoms with Crippen molar-refractivity contribution >= 4 is 21.6 Å². The number of allylic oxidation sites excluding steroid dienone is 1. The molecule has 5 heteroatoms. The molecular formula is C9H8BrNO3. The molecule has 0 amide bonds. The topological polar surface area (TPSA) is 63.4 Å². The van der Waals surface area contributed by atoms with Crippen LogP contribution in [-0.4, -0.2) is 10.0 Å². The number of rotatable bonds is 3. The van der Waals surface area contributed by atoms with E-state index in [1.54, 1.807) is 6.08 Å². The summed E-state index contributed by atoms with van der Waals surface area (Å²) in [6.07, 6.45) is 1.97. The average Bonchev–Trinajstić information content (AvgIpc) is 2.12. The molecule has 0 fully saturated rings. The van der Waals surface area contributed by atoms with Crippen LogP contribution in [0.15, 0.2) is 29.3 Å². The molecule has 0 heterocycles. The lowest BCUT2D eigenvalue weighted by molar-refractivity contribution is -0.385. The SMILES string of the molecule is C=CCc1cc([N+](=O)[O-])cc(Br)c1O. The third kappa shape index (κ3) is 2.11. The van der Waals surface area contributed by atoms with Crippen LogP contribution in [0.4, 0.5) is 5.69 Å². The van der Waals surface area contributed by atoms with Crippen molar-refractivity contribution in [2.24, 2.45) is 0 Å². The van der Waals surface area contributed by atoms with Crippen LogP contribution in [-0.2, 0) is 6.42 Å². The summed E-state index contributed by atoms with van der Waals surface area (Å²) in [5.74, 6) is 0.0236. The van der Waals surface area contributed by atoms with Gasteiger partial charge in [-0.25, -0.2) is 0 Å². The molecule has 1 aromatic rings. The van der Waals surface area contributed by atoms with Crippen LogP contribution in [0.2, 0.25) is 0 Å². The molecule has 0 saturated carbocycles. The molecule has 1 rings (SSSR count). The largest absolute Gasteiger partial charge is 0.506 e. The van der Waals surface area contributed by atoms with Crippen molar-refractivity contribution in [2.75, 3.05) is 0 Å². The van der Waals surface area contributed by atoms with Crippen LogP contribution in [0.25, 0.3) is 0 Å². The Bertz CT molecular complexity index is 390. The standard InChI is InChI=1S/C9H8BrNO3/c1-2-3-6-4-7(11(13)14)5-8(10)9(6)12/h2,4-5,12H,1,3H2. The minimum atomic E-state index is -0.503. The first kappa shape index (κ1) is 10.7. The van der Waals surface area contributed by atoms with Crippen LogP contribution >= 0.6 is 15.9 Å². The highest BCUT2D eigenvalue weighted by atomic mass is 79.9. The summed E-state index contributed by atoms with van der Waals surface area (Å²) in [4.78, 5) is 10.00. The first-order valence-corrected chi connectivity index (χ1v) is 4.62. The fraction of sp³-hybridized carbons (Fsp3) is 0.111. The number of nitro groups is 1. The second-order valence-corrected chi connectivity index (χ2v) is 3.54. The third-order valence-corrected chi connectivity index (χ3v) is 2.31. The highest BCUT2D eigenvalue weighted by molar-refractivity contribution is 9.10. The maximum atomic E-state index is 10.5. The van der Waals surface area contributed by atoms with Crippen molar-refractivity contribution in [1.82, 2.24) is 0 Å². The number of hydrogen-bond donors (Lipinski definition) is 1. The Morgan fingerprint density at radius 3 is 2.79 bits per heavy atom. The summed E-state index contributed by atoms with van der Waals surface area (Å²) in [5, 5.41) is 20.0. The second-order valence-electron chi connectivity index (χ2n) is 2.69. The minimum absolute atomic E-state index is 0.0236. The van der Waals surface area contributed by atoms with Crippen molar-refractivity contribution in [3.63, 3.8) is 0 Å². The lowest BCUT2D eigenvalue weighted by Crippen LogP contribution is -1.91. The number of benzene rings is 1. The number of nitrogens with zero attached hydrogens (tertiary/aromatic N) is 1. The molecule has 0 aliphatic rings. The van der Waals surface area contributed by atoms with E-state index in [0.29, 0.717) is 16.5 Å². The predicted octanol–water partition coefficient (Wildman–Crippen LogP) is 2.79. The van der Waals surface area contributed by atoms with Gasteiger partial charge in [0.2, 0.25) is 0 Å². The van der Waals surface area contributed by atoms with Crippen molar-refractivity contribution in [3.05, 3.63) is 44.9 Å². The Kier molecular flexibility index (Phi) is 3.24. The van der Waals surface area contributed by atoms with Crippen LogP contribution in [0.3, 0.4) is 0 Å². The van der Waals surface area contributed by atoms with Gasteiger partial charge in [-0.1, -0.05) is 6.08 Å². The highest BCUT2D eigenvalue weighted by Crippen LogP contribution is 2.32. The zero-order chi connectivity index (χ0) is 10.7. The van der Waals surface area contributed by atoms with Gasteiger partial charge in [-0.15, -0.1) is 6.58 Å². The zero-order valence-electron chi connectivity index (χ0n) is 7.24. The lowest BCUT2D eigenvalue weighted by Gasteiger charge is -2.03. The monoisotopic (exact) mass is 257 g/mol. The smallest absolute Gasteiger partial charge is 0.271 e. The average molecular weight is 258 g/mol. The molecule has 14 heavy (non-hydrogen) atoms. The van der Waals surface area contributed by atoms with Gasteiger partial charge in [0.1, 0.15) is 5.75 Å². The summed E-state index contributed by atoms with van der Waals surface area (Å²) >= 11 is 3.05. The normalized spacial score (nSPS) is 9.79. The Morgan fingerprint density at radius 2 is 2.29 bits per heavy atom. The molecule has 0 saturated heterocycles. The van der Waals surface area contributed by atoms with Crippen LogP contribution in [0.1, 0.15) is 5.56 Å². The quantitative estimate of drug-likeness (QED) is 0.515. The number of nitro benzene ring substituents is 1. The Balaban J connectivity index is 3.27. The first-order valence-electron chi connectivity index (χ1n) is 3.83. The first-order chi connectivity index (χ1) is 6.56. The summed E-state index contributed by atoms with van der Waals surface area (Å²) in [6.45, 7) is 3.50. The van der Waals surface area contributed by atoms with Gasteiger partial charge in [-0.2, -0.15) is 0 Å². The van der Waals surface area contributed by atoms with Crippen molar-refractivity contribution < 1.29 is 10.0 Å². The molecular weight excluding hydrogens is 250 g/mol. The molecule has 0 spiro atoms. The molecule has 1 N–H and O–H groups in total. The number of hydrogen-bond acceptors (Lipinski definition) is 3. The van der Waals surface area contributed by atoms with E-state index in [2.05, 4.69) is 22.5 Å². The second kappa shape index (κ2) is 4.23. The molecule has 1 aromatic carbocycles. The van der Waals surface area contributed by atoms with Crippen LogP contribution in [0, 0.1) is 10.1 Å². The Morgan fingerprint density at radius 1 is 1.64 bits per heavy atom. The maximum absolute atomic E-state index is 10.5. The van der Waals surface area contributed by atoms with E-state index in [1.807, 2.05) is 0 Å². The zero-order valence-corrected chi connectivity index (χ0v) is 8.82. The van der Waals surface area contributed by atoms with E-state index >= 15 is 0 Å². The van der Waals surface area contributed by atoms with Gasteiger partial charge in [0, 0.05) is 17.7 Å². The van der Waals surface area contributed by atoms with Crippen LogP contribution in [0.5, 0.6) is 5.75 Å². The van der Waals surface area contributed by atoms with Crippen LogP contribution < -0.4 is 0 Å². The van der Waals surface area contributed by atoms with Gasteiger partial charge in [-0.05, 0) is 22.4 Å². The molecule has 0 aromatic heterocycles. The number of non-ortho nitro benzene ring substituents is 1. The maximum Gasteiger partial charge on any atom is 0.271 e. The molecule has 0 bridgehead atoms. The number of phenols is 1. The molecule has 0 aliphatic carbocycles. The number of halogens is 1. The minimum Gasteiger partial charge on any atom is -0.506 e. The van der Waals surface area contributed by atoms with E-state index in [9.17, 15) is 15.2 Å².